The van der Waals surface area contributed by atoms with E-state index in [0.29, 0.717) is 25.3 Å². The Bertz CT molecular complexity index is 616. The number of hydrogen-bond donors (Lipinski definition) is 1. The normalized spacial score (nSPS) is 11.3. The van der Waals surface area contributed by atoms with Crippen LogP contribution in [0.4, 0.5) is 0 Å². The maximum atomic E-state index is 10.9. The van der Waals surface area contributed by atoms with Crippen LogP contribution in [-0.2, 0) is 30.7 Å². The van der Waals surface area contributed by atoms with E-state index in [2.05, 4.69) is 17.0 Å². The van der Waals surface area contributed by atoms with Gasteiger partial charge in [-0.3, -0.25) is 9.48 Å². The van der Waals surface area contributed by atoms with Gasteiger partial charge >= 0.3 is 0 Å². The summed E-state index contributed by atoms with van der Waals surface area (Å²) in [5.41, 5.74) is 8.07. The molecule has 0 fully saturated rings. The Morgan fingerprint density at radius 3 is 2.80 bits per heavy atom. The molecule has 2 N–H and O–H groups in total. The molecular weight excluding hydrogens is 278 g/mol. The van der Waals surface area contributed by atoms with Gasteiger partial charge in [-0.25, -0.2) is 4.98 Å². The van der Waals surface area contributed by atoms with Crippen molar-refractivity contribution in [2.45, 2.75) is 45.0 Å². The highest BCUT2D eigenvalue weighted by atomic mass is 35.5. The number of amides is 1. The Balaban J connectivity index is 2.37. The first kappa shape index (κ1) is 14.8. The SMILES string of the molecule is CCCc1nn(C)c2c1nc(CCl)n2CCCC(N)=O. The Morgan fingerprint density at radius 2 is 2.20 bits per heavy atom. The number of nitrogens with two attached hydrogens (primary N) is 1. The molecule has 2 aromatic rings. The summed E-state index contributed by atoms with van der Waals surface area (Å²) >= 11 is 5.98. The number of hydrogen-bond acceptors (Lipinski definition) is 3. The third kappa shape index (κ3) is 2.80. The van der Waals surface area contributed by atoms with Crippen molar-refractivity contribution < 1.29 is 4.79 Å². The second kappa shape index (κ2) is 6.26. The Labute approximate surface area is 122 Å². The van der Waals surface area contributed by atoms with E-state index in [9.17, 15) is 4.79 Å². The summed E-state index contributed by atoms with van der Waals surface area (Å²) in [6, 6.07) is 0. The smallest absolute Gasteiger partial charge is 0.217 e. The molecule has 1 amide bonds. The molecule has 0 aliphatic heterocycles. The van der Waals surface area contributed by atoms with E-state index in [1.54, 1.807) is 0 Å². The molecule has 0 aliphatic rings. The van der Waals surface area contributed by atoms with Gasteiger partial charge < -0.3 is 10.3 Å². The van der Waals surface area contributed by atoms with Gasteiger partial charge in [-0.05, 0) is 12.8 Å². The molecular formula is C13H20ClN5O. The number of carbonyl (C=O) groups excluding carboxylic acids is 1. The highest BCUT2D eigenvalue weighted by Crippen LogP contribution is 2.22. The summed E-state index contributed by atoms with van der Waals surface area (Å²) in [5, 5.41) is 4.52. The maximum absolute atomic E-state index is 10.9. The van der Waals surface area contributed by atoms with E-state index in [-0.39, 0.29) is 5.91 Å². The van der Waals surface area contributed by atoms with Crippen molar-refractivity contribution >= 4 is 28.7 Å². The van der Waals surface area contributed by atoms with E-state index >= 15 is 0 Å². The molecule has 0 spiro atoms. The predicted molar refractivity (Wildman–Crippen MR) is 78.5 cm³/mol. The van der Waals surface area contributed by atoms with Crippen LogP contribution in [0, 0.1) is 0 Å². The van der Waals surface area contributed by atoms with Crippen LogP contribution >= 0.6 is 11.6 Å². The molecule has 2 aromatic heterocycles. The first-order valence-electron chi connectivity index (χ1n) is 6.83. The Morgan fingerprint density at radius 1 is 1.45 bits per heavy atom. The standard InChI is InChI=1S/C13H20ClN5O/c1-3-5-9-12-13(18(2)17-9)19(11(8-14)16-12)7-4-6-10(15)20/h3-8H2,1-2H3,(H2,15,20). The first-order chi connectivity index (χ1) is 9.58. The molecule has 0 aliphatic carbocycles. The van der Waals surface area contributed by atoms with Crippen LogP contribution in [0.25, 0.3) is 11.2 Å². The second-order valence-corrected chi connectivity index (χ2v) is 5.14. The number of halogens is 1. The fraction of sp³-hybridized carbons (Fsp3) is 0.615. The molecule has 6 nitrogen and oxygen atoms in total. The van der Waals surface area contributed by atoms with Gasteiger partial charge in [0.15, 0.2) is 5.65 Å². The number of aryl methyl sites for hydroxylation is 3. The van der Waals surface area contributed by atoms with Crippen LogP contribution in [0.3, 0.4) is 0 Å². The molecule has 0 aromatic carbocycles. The zero-order chi connectivity index (χ0) is 14.7. The average molecular weight is 298 g/mol. The summed E-state index contributed by atoms with van der Waals surface area (Å²) in [4.78, 5) is 15.5. The number of carbonyl (C=O) groups is 1. The van der Waals surface area contributed by atoms with Crippen LogP contribution in [0.1, 0.15) is 37.7 Å². The lowest BCUT2D eigenvalue weighted by atomic mass is 10.2. The molecule has 2 heterocycles. The van der Waals surface area contributed by atoms with E-state index in [1.807, 2.05) is 16.3 Å². The van der Waals surface area contributed by atoms with Gasteiger partial charge in [0.25, 0.3) is 0 Å². The summed E-state index contributed by atoms with van der Waals surface area (Å²) in [7, 11) is 1.91. The molecule has 7 heteroatoms. The van der Waals surface area contributed by atoms with Gasteiger partial charge in [0.1, 0.15) is 11.3 Å². The van der Waals surface area contributed by atoms with Gasteiger partial charge in [0.05, 0.1) is 11.6 Å². The monoisotopic (exact) mass is 297 g/mol. The summed E-state index contributed by atoms with van der Waals surface area (Å²) in [5.74, 6) is 0.874. The molecule has 110 valence electrons. The van der Waals surface area contributed by atoms with Gasteiger partial charge in [-0.1, -0.05) is 13.3 Å². The van der Waals surface area contributed by atoms with Gasteiger partial charge in [0.2, 0.25) is 5.91 Å². The Kier molecular flexibility index (Phi) is 4.65. The van der Waals surface area contributed by atoms with Crippen molar-refractivity contribution in [2.75, 3.05) is 0 Å². The zero-order valence-electron chi connectivity index (χ0n) is 11.9. The van der Waals surface area contributed by atoms with E-state index in [1.165, 1.54) is 0 Å². The van der Waals surface area contributed by atoms with E-state index < -0.39 is 0 Å². The predicted octanol–water partition coefficient (Wildman–Crippen LogP) is 1.73. The largest absolute Gasteiger partial charge is 0.370 e. The van der Waals surface area contributed by atoms with E-state index in [0.717, 1.165) is 35.5 Å². The van der Waals surface area contributed by atoms with Gasteiger partial charge in [-0.15, -0.1) is 11.6 Å². The lowest BCUT2D eigenvalue weighted by Gasteiger charge is -2.07. The number of rotatable bonds is 7. The molecule has 0 bridgehead atoms. The van der Waals surface area contributed by atoms with Gasteiger partial charge in [0, 0.05) is 20.0 Å². The highest BCUT2D eigenvalue weighted by molar-refractivity contribution is 6.16. The number of nitrogens with zero attached hydrogens (tertiary/aromatic N) is 4. The quantitative estimate of drug-likeness (QED) is 0.790. The molecule has 2 rings (SSSR count). The molecule has 0 radical (unpaired) electrons. The Hall–Kier alpha value is -1.56. The topological polar surface area (TPSA) is 78.7 Å². The van der Waals surface area contributed by atoms with Crippen LogP contribution in [0.5, 0.6) is 0 Å². The molecule has 0 atom stereocenters. The van der Waals surface area contributed by atoms with Crippen molar-refractivity contribution in [1.82, 2.24) is 19.3 Å². The number of imidazole rings is 1. The number of fused-ring (bicyclic) bond motifs is 1. The van der Waals surface area contributed by atoms with Crippen LogP contribution in [0.15, 0.2) is 0 Å². The summed E-state index contributed by atoms with van der Waals surface area (Å²) in [6.07, 6.45) is 2.97. The van der Waals surface area contributed by atoms with Gasteiger partial charge in [-0.2, -0.15) is 5.10 Å². The van der Waals surface area contributed by atoms with Crippen LogP contribution in [-0.4, -0.2) is 25.2 Å². The number of aromatic nitrogens is 4. The number of alkyl halides is 1. The molecule has 0 saturated heterocycles. The minimum atomic E-state index is -0.287. The molecule has 20 heavy (non-hydrogen) atoms. The van der Waals surface area contributed by atoms with Crippen molar-refractivity contribution in [2.24, 2.45) is 12.8 Å². The van der Waals surface area contributed by atoms with E-state index in [4.69, 9.17) is 17.3 Å². The highest BCUT2D eigenvalue weighted by Gasteiger charge is 2.18. The zero-order valence-corrected chi connectivity index (χ0v) is 12.7. The van der Waals surface area contributed by atoms with Crippen molar-refractivity contribution in [3.05, 3.63) is 11.5 Å². The summed E-state index contributed by atoms with van der Waals surface area (Å²) in [6.45, 7) is 2.79. The first-order valence-corrected chi connectivity index (χ1v) is 7.37. The minimum absolute atomic E-state index is 0.287. The third-order valence-electron chi connectivity index (χ3n) is 3.28. The van der Waals surface area contributed by atoms with Crippen LogP contribution < -0.4 is 5.73 Å². The maximum Gasteiger partial charge on any atom is 0.217 e. The van der Waals surface area contributed by atoms with Crippen LogP contribution in [0.2, 0.25) is 0 Å². The lowest BCUT2D eigenvalue weighted by Crippen LogP contribution is -2.13. The van der Waals surface area contributed by atoms with Crippen molar-refractivity contribution in [3.8, 4) is 0 Å². The molecule has 0 saturated carbocycles. The fourth-order valence-corrected chi connectivity index (χ4v) is 2.64. The third-order valence-corrected chi connectivity index (χ3v) is 3.52. The second-order valence-electron chi connectivity index (χ2n) is 4.88. The summed E-state index contributed by atoms with van der Waals surface area (Å²) < 4.78 is 3.88. The molecule has 0 unspecified atom stereocenters. The van der Waals surface area contributed by atoms with Crippen molar-refractivity contribution in [1.29, 1.82) is 0 Å². The fourth-order valence-electron chi connectivity index (χ4n) is 2.44. The number of primary amides is 1. The minimum Gasteiger partial charge on any atom is -0.370 e. The average Bonchev–Trinajstić information content (AvgIpc) is 2.89. The van der Waals surface area contributed by atoms with Crippen molar-refractivity contribution in [3.63, 3.8) is 0 Å². The lowest BCUT2D eigenvalue weighted by molar-refractivity contribution is -0.118.